The molecule has 0 fully saturated rings. The third kappa shape index (κ3) is 1.15. The summed E-state index contributed by atoms with van der Waals surface area (Å²) in [6, 6.07) is 0. The molecule has 60 valence electrons. The Hall–Kier alpha value is -0.860. The molecule has 1 aliphatic rings. The van der Waals surface area contributed by atoms with Gasteiger partial charge in [0.2, 0.25) is 0 Å². The van der Waals surface area contributed by atoms with Gasteiger partial charge in [0, 0.05) is 7.05 Å². The lowest BCUT2D eigenvalue weighted by Gasteiger charge is -1.96. The maximum absolute atomic E-state index is 4.13. The molecule has 0 spiro atoms. The van der Waals surface area contributed by atoms with Crippen molar-refractivity contribution in [2.24, 2.45) is 7.05 Å². The van der Waals surface area contributed by atoms with Gasteiger partial charge >= 0.3 is 0 Å². The Balaban J connectivity index is 2.35. The molecule has 0 aliphatic heterocycles. The van der Waals surface area contributed by atoms with E-state index in [1.807, 2.05) is 11.7 Å². The maximum Gasteiger partial charge on any atom is 0.0859 e. The predicted octanol–water partition coefficient (Wildman–Crippen LogP) is 1.08. The van der Waals surface area contributed by atoms with Crippen molar-refractivity contribution in [2.45, 2.75) is 32.1 Å². The van der Waals surface area contributed by atoms with Gasteiger partial charge in [0.1, 0.15) is 0 Å². The van der Waals surface area contributed by atoms with Crippen LogP contribution in [0.15, 0.2) is 0 Å². The van der Waals surface area contributed by atoms with Crippen LogP contribution in [-0.4, -0.2) is 15.0 Å². The number of fused-ring (bicyclic) bond motifs is 1. The van der Waals surface area contributed by atoms with Crippen LogP contribution in [0.1, 0.15) is 30.7 Å². The minimum atomic E-state index is 1.13. The van der Waals surface area contributed by atoms with E-state index in [0.29, 0.717) is 0 Å². The highest BCUT2D eigenvalue weighted by molar-refractivity contribution is 5.11. The third-order valence-corrected chi connectivity index (χ3v) is 2.35. The summed E-state index contributed by atoms with van der Waals surface area (Å²) in [4.78, 5) is 0. The second-order valence-corrected chi connectivity index (χ2v) is 3.17. The Kier molecular flexibility index (Phi) is 1.64. The Morgan fingerprint density at radius 3 is 2.91 bits per heavy atom. The zero-order valence-corrected chi connectivity index (χ0v) is 6.88. The van der Waals surface area contributed by atoms with Gasteiger partial charge in [-0.05, 0) is 25.7 Å². The fraction of sp³-hybridized carbons (Fsp3) is 0.750. The van der Waals surface area contributed by atoms with Gasteiger partial charge in [0.05, 0.1) is 11.4 Å². The van der Waals surface area contributed by atoms with E-state index in [1.165, 1.54) is 37.1 Å². The smallest absolute Gasteiger partial charge is 0.0859 e. The molecule has 0 atom stereocenters. The van der Waals surface area contributed by atoms with Crippen LogP contribution in [0.3, 0.4) is 0 Å². The molecule has 0 amide bonds. The highest BCUT2D eigenvalue weighted by atomic mass is 15.4. The molecule has 0 aromatic carbocycles. The number of aromatic nitrogens is 3. The fourth-order valence-corrected chi connectivity index (χ4v) is 1.68. The van der Waals surface area contributed by atoms with Crippen LogP contribution < -0.4 is 0 Å². The van der Waals surface area contributed by atoms with Crippen LogP contribution >= 0.6 is 0 Å². The summed E-state index contributed by atoms with van der Waals surface area (Å²) in [7, 11) is 1.98. The first-order chi connectivity index (χ1) is 5.38. The molecule has 0 N–H and O–H groups in total. The lowest BCUT2D eigenvalue weighted by molar-refractivity contribution is 0.637. The van der Waals surface area contributed by atoms with Crippen LogP contribution in [-0.2, 0) is 19.9 Å². The number of nitrogens with zero attached hydrogens (tertiary/aromatic N) is 3. The van der Waals surface area contributed by atoms with E-state index in [-0.39, 0.29) is 0 Å². The van der Waals surface area contributed by atoms with Crippen LogP contribution in [0.25, 0.3) is 0 Å². The van der Waals surface area contributed by atoms with Crippen molar-refractivity contribution in [1.82, 2.24) is 15.0 Å². The molecular formula is C8H13N3. The van der Waals surface area contributed by atoms with E-state index < -0.39 is 0 Å². The van der Waals surface area contributed by atoms with Crippen molar-refractivity contribution in [3.05, 3.63) is 11.4 Å². The molecular weight excluding hydrogens is 138 g/mol. The minimum Gasteiger partial charge on any atom is -0.252 e. The van der Waals surface area contributed by atoms with Gasteiger partial charge in [-0.25, -0.2) is 0 Å². The second-order valence-electron chi connectivity index (χ2n) is 3.17. The van der Waals surface area contributed by atoms with Crippen molar-refractivity contribution in [2.75, 3.05) is 0 Å². The van der Waals surface area contributed by atoms with Crippen molar-refractivity contribution < 1.29 is 0 Å². The normalized spacial score (nSPS) is 17.5. The van der Waals surface area contributed by atoms with E-state index in [0.717, 1.165) is 6.42 Å². The molecule has 3 nitrogen and oxygen atoms in total. The number of hydrogen-bond acceptors (Lipinski definition) is 2. The number of hydrogen-bond donors (Lipinski definition) is 0. The van der Waals surface area contributed by atoms with E-state index in [2.05, 4.69) is 10.3 Å². The topological polar surface area (TPSA) is 30.7 Å². The van der Waals surface area contributed by atoms with E-state index in [9.17, 15) is 0 Å². The Labute approximate surface area is 66.4 Å². The Bertz CT molecular complexity index is 252. The largest absolute Gasteiger partial charge is 0.252 e. The van der Waals surface area contributed by atoms with E-state index >= 15 is 0 Å². The van der Waals surface area contributed by atoms with Crippen LogP contribution in [0, 0.1) is 0 Å². The first-order valence-corrected chi connectivity index (χ1v) is 4.25. The molecule has 0 bridgehead atoms. The predicted molar refractivity (Wildman–Crippen MR) is 42.3 cm³/mol. The minimum absolute atomic E-state index is 1.13. The first-order valence-electron chi connectivity index (χ1n) is 4.25. The molecule has 2 rings (SSSR count). The molecule has 0 saturated heterocycles. The molecule has 0 radical (unpaired) electrons. The van der Waals surface area contributed by atoms with Gasteiger partial charge in [-0.1, -0.05) is 11.6 Å². The van der Waals surface area contributed by atoms with Gasteiger partial charge in [0.25, 0.3) is 0 Å². The van der Waals surface area contributed by atoms with Gasteiger partial charge < -0.3 is 0 Å². The second kappa shape index (κ2) is 2.64. The number of rotatable bonds is 0. The SMILES string of the molecule is Cn1nnc2c1CCCCC2. The van der Waals surface area contributed by atoms with Gasteiger partial charge in [-0.2, -0.15) is 0 Å². The molecule has 1 aromatic heterocycles. The molecule has 1 aliphatic carbocycles. The fourth-order valence-electron chi connectivity index (χ4n) is 1.68. The molecule has 0 saturated carbocycles. The summed E-state index contributed by atoms with van der Waals surface area (Å²) in [6.45, 7) is 0. The zero-order valence-electron chi connectivity index (χ0n) is 6.88. The average Bonchev–Trinajstić information content (AvgIpc) is 2.25. The quantitative estimate of drug-likeness (QED) is 0.519. The standard InChI is InChI=1S/C8H13N3/c1-11-8-6-4-2-3-5-7(8)9-10-11/h2-6H2,1H3. The Morgan fingerprint density at radius 2 is 2.00 bits per heavy atom. The highest BCUT2D eigenvalue weighted by Gasteiger charge is 2.12. The monoisotopic (exact) mass is 151 g/mol. The molecule has 11 heavy (non-hydrogen) atoms. The van der Waals surface area contributed by atoms with E-state index in [4.69, 9.17) is 0 Å². The zero-order chi connectivity index (χ0) is 7.68. The molecule has 3 heteroatoms. The highest BCUT2D eigenvalue weighted by Crippen LogP contribution is 2.16. The van der Waals surface area contributed by atoms with Crippen LogP contribution in [0.4, 0.5) is 0 Å². The summed E-state index contributed by atoms with van der Waals surface area (Å²) in [5.74, 6) is 0. The van der Waals surface area contributed by atoms with Crippen molar-refractivity contribution in [3.63, 3.8) is 0 Å². The summed E-state index contributed by atoms with van der Waals surface area (Å²) in [5.41, 5.74) is 2.58. The molecule has 1 heterocycles. The van der Waals surface area contributed by atoms with Gasteiger partial charge in [-0.15, -0.1) is 5.10 Å². The van der Waals surface area contributed by atoms with Crippen LogP contribution in [0.2, 0.25) is 0 Å². The third-order valence-electron chi connectivity index (χ3n) is 2.35. The summed E-state index contributed by atoms with van der Waals surface area (Å²) in [6.07, 6.45) is 6.22. The first kappa shape index (κ1) is 6.83. The van der Waals surface area contributed by atoms with Crippen molar-refractivity contribution in [3.8, 4) is 0 Å². The average molecular weight is 151 g/mol. The van der Waals surface area contributed by atoms with Crippen molar-refractivity contribution >= 4 is 0 Å². The summed E-state index contributed by atoms with van der Waals surface area (Å²) >= 11 is 0. The molecule has 1 aromatic rings. The number of aryl methyl sites for hydroxylation is 2. The lowest BCUT2D eigenvalue weighted by atomic mass is 10.2. The van der Waals surface area contributed by atoms with Crippen LogP contribution in [0.5, 0.6) is 0 Å². The van der Waals surface area contributed by atoms with Gasteiger partial charge in [0.15, 0.2) is 0 Å². The van der Waals surface area contributed by atoms with Crippen molar-refractivity contribution in [1.29, 1.82) is 0 Å². The molecule has 0 unspecified atom stereocenters. The summed E-state index contributed by atoms with van der Waals surface area (Å²) < 4.78 is 1.92. The van der Waals surface area contributed by atoms with Gasteiger partial charge in [-0.3, -0.25) is 4.68 Å². The maximum atomic E-state index is 4.13. The lowest BCUT2D eigenvalue weighted by Crippen LogP contribution is -1.98. The summed E-state index contributed by atoms with van der Waals surface area (Å²) in [5, 5.41) is 8.14. The Morgan fingerprint density at radius 1 is 1.18 bits per heavy atom. The van der Waals surface area contributed by atoms with E-state index in [1.54, 1.807) is 0 Å².